The zero-order valence-corrected chi connectivity index (χ0v) is 19.9. The highest BCUT2D eigenvalue weighted by atomic mass is 16.5. The van der Waals surface area contributed by atoms with Crippen LogP contribution in [-0.4, -0.2) is 5.90 Å². The van der Waals surface area contributed by atoms with Crippen LogP contribution in [0.3, 0.4) is 0 Å². The van der Waals surface area contributed by atoms with Gasteiger partial charge < -0.3 is 10.1 Å². The molecule has 0 saturated carbocycles. The fourth-order valence-electron chi connectivity index (χ4n) is 5.35. The summed E-state index contributed by atoms with van der Waals surface area (Å²) >= 11 is 0. The highest BCUT2D eigenvalue weighted by molar-refractivity contribution is 5.72. The number of nitrogens with one attached hydrogen (secondary N) is 2. The number of rotatable bonds is 4. The van der Waals surface area contributed by atoms with Gasteiger partial charge in [0.2, 0.25) is 5.69 Å². The normalized spacial score (nSPS) is 23.0. The Morgan fingerprint density at radius 1 is 1.21 bits per heavy atom. The summed E-state index contributed by atoms with van der Waals surface area (Å²) < 4.78 is 8.10. The van der Waals surface area contributed by atoms with Gasteiger partial charge >= 0.3 is 0 Å². The topological polar surface area (TPSA) is 49.0 Å². The number of nitrogens with zero attached hydrogens (tertiary/aromatic N) is 1. The minimum absolute atomic E-state index is 0.106. The predicted octanol–water partition coefficient (Wildman–Crippen LogP) is 6.56. The third kappa shape index (κ3) is 4.18. The van der Waals surface area contributed by atoms with Gasteiger partial charge in [-0.25, -0.2) is 0 Å². The number of hydrogen-bond donors (Lipinski definition) is 2. The maximum atomic E-state index is 7.83. The van der Waals surface area contributed by atoms with Crippen LogP contribution in [0.25, 0.3) is 11.3 Å². The van der Waals surface area contributed by atoms with E-state index >= 15 is 0 Å². The first kappa shape index (κ1) is 22.8. The Morgan fingerprint density at radius 3 is 2.67 bits per heavy atom. The smallest absolute Gasteiger partial charge is 0.213 e. The molecule has 33 heavy (non-hydrogen) atoms. The molecule has 2 aliphatic rings. The van der Waals surface area contributed by atoms with E-state index in [4.69, 9.17) is 10.1 Å². The molecule has 1 aromatic carbocycles. The molecule has 2 aliphatic heterocycles. The van der Waals surface area contributed by atoms with Crippen LogP contribution in [0, 0.1) is 11.3 Å². The van der Waals surface area contributed by atoms with Crippen LogP contribution in [0.4, 0.5) is 0 Å². The third-order valence-corrected chi connectivity index (χ3v) is 6.99. The van der Waals surface area contributed by atoms with Crippen LogP contribution in [-0.2, 0) is 4.74 Å². The van der Waals surface area contributed by atoms with Crippen molar-refractivity contribution in [2.24, 2.45) is 5.92 Å². The molecule has 1 aromatic heterocycles. The Bertz CT molecular complexity index is 1170. The maximum absolute atomic E-state index is 7.83. The molecule has 0 saturated heterocycles. The number of fused-ring (bicyclic) bond motifs is 6. The van der Waals surface area contributed by atoms with E-state index in [9.17, 15) is 0 Å². The highest BCUT2D eigenvalue weighted by Gasteiger charge is 2.42. The van der Waals surface area contributed by atoms with E-state index in [1.54, 1.807) is 6.92 Å². The van der Waals surface area contributed by atoms with E-state index in [0.717, 1.165) is 36.2 Å². The van der Waals surface area contributed by atoms with Gasteiger partial charge in [0, 0.05) is 42.4 Å². The van der Waals surface area contributed by atoms with E-state index < -0.39 is 0 Å². The molecular weight excluding hydrogens is 406 g/mol. The Kier molecular flexibility index (Phi) is 6.37. The minimum Gasteiger partial charge on any atom is -0.444 e. The molecule has 2 N–H and O–H groups in total. The van der Waals surface area contributed by atoms with Crippen LogP contribution in [0.1, 0.15) is 57.6 Å². The molecule has 0 fully saturated rings. The van der Waals surface area contributed by atoms with Gasteiger partial charge in [-0.2, -0.15) is 4.57 Å². The van der Waals surface area contributed by atoms with Crippen molar-refractivity contribution < 1.29 is 9.30 Å². The van der Waals surface area contributed by atoms with Crippen LogP contribution >= 0.6 is 0 Å². The van der Waals surface area contributed by atoms with Crippen molar-refractivity contribution in [2.75, 3.05) is 0 Å². The van der Waals surface area contributed by atoms with Gasteiger partial charge in [-0.05, 0) is 36.5 Å². The monoisotopic (exact) mass is 440 g/mol. The summed E-state index contributed by atoms with van der Waals surface area (Å²) in [7, 11) is 0. The number of benzene rings is 1. The van der Waals surface area contributed by atoms with E-state index in [1.165, 1.54) is 22.4 Å². The molecule has 170 valence electrons. The van der Waals surface area contributed by atoms with E-state index in [0.29, 0.717) is 11.7 Å². The standard InChI is InChI=1S/C29H34N3O/c1-7-18(2)23-15-16-27-29(20(4)31-19(3)28(23)21(5)33-22(6)30)25-13-9-8-12-24(25)26-14-10-11-17-32(26)27/h8-14,17-18,27,29-31H,3-5,7,15-16H2,1-2,6H3/q+1/b28-23-,30-22?. The van der Waals surface area contributed by atoms with E-state index in [1.807, 2.05) is 0 Å². The molecule has 4 nitrogen and oxygen atoms in total. The van der Waals surface area contributed by atoms with Gasteiger partial charge in [0.1, 0.15) is 5.76 Å². The van der Waals surface area contributed by atoms with Gasteiger partial charge in [-0.1, -0.05) is 57.4 Å². The number of hydrogen-bond acceptors (Lipinski definition) is 3. The molecule has 2 aromatic rings. The lowest BCUT2D eigenvalue weighted by Crippen LogP contribution is -2.48. The number of pyridine rings is 1. The second kappa shape index (κ2) is 9.22. The summed E-state index contributed by atoms with van der Waals surface area (Å²) in [5.41, 5.74) is 7.59. The quantitative estimate of drug-likeness (QED) is 0.245. The highest BCUT2D eigenvalue weighted by Crippen LogP contribution is 2.45. The molecule has 3 heterocycles. The third-order valence-electron chi connectivity index (χ3n) is 6.99. The number of aromatic nitrogens is 1. The Labute approximate surface area is 197 Å². The van der Waals surface area contributed by atoms with Crippen LogP contribution in [0.15, 0.2) is 96.7 Å². The Morgan fingerprint density at radius 2 is 1.94 bits per heavy atom. The summed E-state index contributed by atoms with van der Waals surface area (Å²) in [6.07, 6.45) is 5.04. The zero-order valence-electron chi connectivity index (χ0n) is 19.9. The Balaban J connectivity index is 1.87. The zero-order chi connectivity index (χ0) is 23.7. The van der Waals surface area contributed by atoms with Crippen molar-refractivity contribution in [2.45, 2.75) is 52.0 Å². The fraction of sp³-hybridized carbons (Fsp3) is 0.310. The number of ether oxygens (including phenoxy) is 1. The molecule has 0 amide bonds. The molecule has 0 bridgehead atoms. The number of allylic oxidation sites excluding steroid dienone is 2. The van der Waals surface area contributed by atoms with Crippen molar-refractivity contribution in [1.82, 2.24) is 5.32 Å². The first-order valence-electron chi connectivity index (χ1n) is 11.7. The second-order valence-corrected chi connectivity index (χ2v) is 9.08. The van der Waals surface area contributed by atoms with Crippen molar-refractivity contribution >= 4 is 5.90 Å². The molecular formula is C29H34N3O+. The van der Waals surface area contributed by atoms with Gasteiger partial charge in [-0.15, -0.1) is 0 Å². The lowest BCUT2D eigenvalue weighted by atomic mass is 9.78. The van der Waals surface area contributed by atoms with Gasteiger partial charge in [-0.3, -0.25) is 5.41 Å². The molecule has 3 unspecified atom stereocenters. The first-order valence-corrected chi connectivity index (χ1v) is 11.7. The van der Waals surface area contributed by atoms with Gasteiger partial charge in [0.05, 0.1) is 11.5 Å². The van der Waals surface area contributed by atoms with Crippen LogP contribution in [0.5, 0.6) is 0 Å². The average Bonchev–Trinajstić information content (AvgIpc) is 2.84. The second-order valence-electron chi connectivity index (χ2n) is 9.08. The molecule has 0 aliphatic carbocycles. The maximum Gasteiger partial charge on any atom is 0.213 e. The largest absolute Gasteiger partial charge is 0.444 e. The first-order chi connectivity index (χ1) is 15.8. The van der Waals surface area contributed by atoms with Crippen molar-refractivity contribution in [3.8, 4) is 11.3 Å². The lowest BCUT2D eigenvalue weighted by Gasteiger charge is -2.32. The van der Waals surface area contributed by atoms with Crippen molar-refractivity contribution in [1.29, 1.82) is 5.41 Å². The van der Waals surface area contributed by atoms with Gasteiger partial charge in [0.25, 0.3) is 0 Å². The predicted molar refractivity (Wildman–Crippen MR) is 135 cm³/mol. The molecule has 3 atom stereocenters. The SMILES string of the molecule is C=C1NC(=C)C2c3ccccc3-c3cccc[n+]3C2CC/C(C(C)CC)=C\1C(=C)OC(C)=N. The summed E-state index contributed by atoms with van der Waals surface area (Å²) in [6, 6.07) is 15.3. The molecule has 0 spiro atoms. The molecule has 4 heteroatoms. The Hall–Kier alpha value is -3.40. The van der Waals surface area contributed by atoms with Crippen molar-refractivity contribution in [3.63, 3.8) is 0 Å². The summed E-state index contributed by atoms with van der Waals surface area (Å²) in [6.45, 7) is 19.1. The summed E-state index contributed by atoms with van der Waals surface area (Å²) in [5.74, 6) is 1.04. The van der Waals surface area contributed by atoms with Crippen LogP contribution < -0.4 is 9.88 Å². The summed E-state index contributed by atoms with van der Waals surface area (Å²) in [5, 5.41) is 11.4. The molecule has 0 radical (unpaired) electrons. The van der Waals surface area contributed by atoms with Crippen molar-refractivity contribution in [3.05, 3.63) is 102 Å². The van der Waals surface area contributed by atoms with Crippen LogP contribution in [0.2, 0.25) is 0 Å². The summed E-state index contributed by atoms with van der Waals surface area (Å²) in [4.78, 5) is 0. The average molecular weight is 441 g/mol. The van der Waals surface area contributed by atoms with E-state index in [2.05, 4.69) is 92.1 Å². The van der Waals surface area contributed by atoms with Gasteiger partial charge in [0.15, 0.2) is 18.1 Å². The minimum atomic E-state index is 0.106. The van der Waals surface area contributed by atoms with E-state index in [-0.39, 0.29) is 17.9 Å². The fourth-order valence-corrected chi connectivity index (χ4v) is 5.35. The lowest BCUT2D eigenvalue weighted by molar-refractivity contribution is -0.717. The molecule has 4 rings (SSSR count).